The molecule has 1 aliphatic rings. The Morgan fingerprint density at radius 2 is 2.22 bits per heavy atom. The number of hydrogen-bond donors (Lipinski definition) is 2. The fraction of sp³-hybridized carbons (Fsp3) is 0.333. The van der Waals surface area contributed by atoms with E-state index in [0.717, 1.165) is 41.9 Å². The van der Waals surface area contributed by atoms with E-state index in [0.29, 0.717) is 18.1 Å². The van der Waals surface area contributed by atoms with Gasteiger partial charge in [-0.1, -0.05) is 29.8 Å². The van der Waals surface area contributed by atoms with Crippen molar-refractivity contribution in [3.05, 3.63) is 58.6 Å². The highest BCUT2D eigenvalue weighted by atomic mass is 35.5. The lowest BCUT2D eigenvalue weighted by Crippen LogP contribution is -2.43. The summed E-state index contributed by atoms with van der Waals surface area (Å²) in [6.45, 7) is 4.16. The van der Waals surface area contributed by atoms with Crippen molar-refractivity contribution in [3.8, 4) is 0 Å². The highest BCUT2D eigenvalue weighted by molar-refractivity contribution is 6.30. The van der Waals surface area contributed by atoms with E-state index in [2.05, 4.69) is 34.3 Å². The van der Waals surface area contributed by atoms with Gasteiger partial charge in [-0.3, -0.25) is 4.79 Å². The predicted molar refractivity (Wildman–Crippen MR) is 109 cm³/mol. The molecule has 140 valence electrons. The number of aromatic nitrogens is 2. The lowest BCUT2D eigenvalue weighted by Gasteiger charge is -2.31. The minimum absolute atomic E-state index is 0.0344. The average Bonchev–Trinajstić information content (AvgIpc) is 3.09. The van der Waals surface area contributed by atoms with Crippen LogP contribution in [0.4, 0.5) is 5.95 Å². The summed E-state index contributed by atoms with van der Waals surface area (Å²) in [6.07, 6.45) is 1.88. The topological polar surface area (TPSA) is 61.0 Å². The summed E-state index contributed by atoms with van der Waals surface area (Å²) in [7, 11) is 0. The molecule has 4 rings (SSSR count). The van der Waals surface area contributed by atoms with E-state index in [-0.39, 0.29) is 11.8 Å². The second kappa shape index (κ2) is 7.61. The van der Waals surface area contributed by atoms with Gasteiger partial charge in [0, 0.05) is 24.7 Å². The number of nitrogens with one attached hydrogen (secondary N) is 2. The normalized spacial score (nSPS) is 17.3. The number of anilines is 1. The first-order valence-electron chi connectivity index (χ1n) is 9.32. The minimum Gasteiger partial charge on any atom is -0.352 e. The molecule has 1 amide bonds. The summed E-state index contributed by atoms with van der Waals surface area (Å²) in [5, 5.41) is 3.73. The van der Waals surface area contributed by atoms with Crippen molar-refractivity contribution in [1.29, 1.82) is 0 Å². The van der Waals surface area contributed by atoms with Crippen LogP contribution in [0.15, 0.2) is 42.5 Å². The Bertz CT molecular complexity index is 968. The van der Waals surface area contributed by atoms with Gasteiger partial charge < -0.3 is 15.2 Å². The maximum Gasteiger partial charge on any atom is 0.225 e. The number of aromatic amines is 1. The molecule has 0 aliphatic carbocycles. The van der Waals surface area contributed by atoms with Crippen LogP contribution in [-0.4, -0.2) is 29.0 Å². The summed E-state index contributed by atoms with van der Waals surface area (Å²) in [6, 6.07) is 13.8. The summed E-state index contributed by atoms with van der Waals surface area (Å²) in [5.41, 5.74) is 4.21. The van der Waals surface area contributed by atoms with Crippen LogP contribution < -0.4 is 10.2 Å². The molecule has 27 heavy (non-hydrogen) atoms. The van der Waals surface area contributed by atoms with E-state index in [1.807, 2.05) is 30.3 Å². The first-order chi connectivity index (χ1) is 13.1. The third kappa shape index (κ3) is 4.08. The van der Waals surface area contributed by atoms with E-state index in [1.165, 1.54) is 5.56 Å². The number of rotatable bonds is 4. The largest absolute Gasteiger partial charge is 0.352 e. The van der Waals surface area contributed by atoms with Crippen LogP contribution in [0, 0.1) is 12.8 Å². The number of imidazole rings is 1. The van der Waals surface area contributed by atoms with E-state index >= 15 is 0 Å². The first kappa shape index (κ1) is 17.9. The summed E-state index contributed by atoms with van der Waals surface area (Å²) >= 11 is 6.01. The molecular weight excluding hydrogens is 360 g/mol. The Hall–Kier alpha value is -2.53. The van der Waals surface area contributed by atoms with Crippen LogP contribution in [-0.2, 0) is 11.3 Å². The number of H-pyrrole nitrogens is 1. The molecule has 2 aromatic carbocycles. The number of carbonyl (C=O) groups is 1. The molecule has 1 aliphatic heterocycles. The van der Waals surface area contributed by atoms with Gasteiger partial charge in [-0.25, -0.2) is 4.98 Å². The highest BCUT2D eigenvalue weighted by Crippen LogP contribution is 2.24. The molecule has 2 N–H and O–H groups in total. The standard InChI is InChI=1S/C21H23ClN4O/c1-14-7-8-18-19(10-14)25-21(24-18)26-9-3-5-16(13-26)20(27)23-12-15-4-2-6-17(22)11-15/h2,4,6-8,10-11,16H,3,5,9,12-13H2,1H3,(H,23,27)(H,24,25)/t16-/m1/s1. The number of halogens is 1. The third-order valence-electron chi connectivity index (χ3n) is 5.07. The maximum absolute atomic E-state index is 12.6. The maximum atomic E-state index is 12.6. The fourth-order valence-corrected chi connectivity index (χ4v) is 3.84. The molecule has 3 aromatic rings. The quantitative estimate of drug-likeness (QED) is 0.715. The molecular formula is C21H23ClN4O. The third-order valence-corrected chi connectivity index (χ3v) is 5.31. The van der Waals surface area contributed by atoms with Crippen LogP contribution in [0.5, 0.6) is 0 Å². The summed E-state index contributed by atoms with van der Waals surface area (Å²) < 4.78 is 0. The van der Waals surface area contributed by atoms with Gasteiger partial charge in [0.25, 0.3) is 0 Å². The lowest BCUT2D eigenvalue weighted by molar-refractivity contribution is -0.125. The molecule has 1 saturated heterocycles. The van der Waals surface area contributed by atoms with Gasteiger partial charge in [0.05, 0.1) is 17.0 Å². The van der Waals surface area contributed by atoms with Crippen molar-refractivity contribution >= 4 is 34.5 Å². The van der Waals surface area contributed by atoms with E-state index < -0.39 is 0 Å². The molecule has 6 heteroatoms. The molecule has 0 radical (unpaired) electrons. The Morgan fingerprint density at radius 1 is 1.33 bits per heavy atom. The fourth-order valence-electron chi connectivity index (χ4n) is 3.62. The predicted octanol–water partition coefficient (Wildman–Crippen LogP) is 4.06. The van der Waals surface area contributed by atoms with Gasteiger partial charge in [-0.15, -0.1) is 0 Å². The molecule has 2 heterocycles. The number of aryl methyl sites for hydroxylation is 1. The van der Waals surface area contributed by atoms with Gasteiger partial charge in [0.15, 0.2) is 0 Å². The van der Waals surface area contributed by atoms with Crippen LogP contribution >= 0.6 is 11.6 Å². The lowest BCUT2D eigenvalue weighted by atomic mass is 9.97. The Kier molecular flexibility index (Phi) is 5.03. The summed E-state index contributed by atoms with van der Waals surface area (Å²) in [4.78, 5) is 22.9. The molecule has 0 bridgehead atoms. The van der Waals surface area contributed by atoms with Crippen molar-refractivity contribution in [2.24, 2.45) is 5.92 Å². The van der Waals surface area contributed by atoms with E-state index in [4.69, 9.17) is 16.6 Å². The average molecular weight is 383 g/mol. The number of carbonyl (C=O) groups excluding carboxylic acids is 1. The zero-order chi connectivity index (χ0) is 18.8. The van der Waals surface area contributed by atoms with Crippen LogP contribution in [0.3, 0.4) is 0 Å². The van der Waals surface area contributed by atoms with Crippen molar-refractivity contribution in [2.75, 3.05) is 18.0 Å². The zero-order valence-electron chi connectivity index (χ0n) is 15.3. The Balaban J connectivity index is 1.41. The first-order valence-corrected chi connectivity index (χ1v) is 9.70. The molecule has 1 fully saturated rings. The van der Waals surface area contributed by atoms with Crippen LogP contribution in [0.2, 0.25) is 5.02 Å². The summed E-state index contributed by atoms with van der Waals surface area (Å²) in [5.74, 6) is 0.905. The van der Waals surface area contributed by atoms with Crippen molar-refractivity contribution in [2.45, 2.75) is 26.3 Å². The van der Waals surface area contributed by atoms with Crippen molar-refractivity contribution in [3.63, 3.8) is 0 Å². The van der Waals surface area contributed by atoms with Gasteiger partial charge in [-0.2, -0.15) is 0 Å². The molecule has 1 atom stereocenters. The zero-order valence-corrected chi connectivity index (χ0v) is 16.1. The van der Waals surface area contributed by atoms with Crippen molar-refractivity contribution < 1.29 is 4.79 Å². The Labute approximate surface area is 163 Å². The molecule has 0 unspecified atom stereocenters. The molecule has 1 aromatic heterocycles. The van der Waals surface area contributed by atoms with Gasteiger partial charge in [0.2, 0.25) is 11.9 Å². The van der Waals surface area contributed by atoms with E-state index in [9.17, 15) is 4.79 Å². The van der Waals surface area contributed by atoms with Crippen molar-refractivity contribution in [1.82, 2.24) is 15.3 Å². The van der Waals surface area contributed by atoms with Gasteiger partial charge >= 0.3 is 0 Å². The van der Waals surface area contributed by atoms with Gasteiger partial charge in [0.1, 0.15) is 0 Å². The SMILES string of the molecule is Cc1ccc2nc(N3CCC[C@@H](C(=O)NCc4cccc(Cl)c4)C3)[nH]c2c1. The van der Waals surface area contributed by atoms with Crippen LogP contribution in [0.1, 0.15) is 24.0 Å². The monoisotopic (exact) mass is 382 g/mol. The number of piperidine rings is 1. The second-order valence-electron chi connectivity index (χ2n) is 7.21. The molecule has 0 saturated carbocycles. The second-order valence-corrected chi connectivity index (χ2v) is 7.65. The number of benzene rings is 2. The van der Waals surface area contributed by atoms with Crippen LogP contribution in [0.25, 0.3) is 11.0 Å². The highest BCUT2D eigenvalue weighted by Gasteiger charge is 2.27. The number of hydrogen-bond acceptors (Lipinski definition) is 3. The number of fused-ring (bicyclic) bond motifs is 1. The Morgan fingerprint density at radius 3 is 3.07 bits per heavy atom. The van der Waals surface area contributed by atoms with E-state index in [1.54, 1.807) is 0 Å². The molecule has 0 spiro atoms. The number of amides is 1. The minimum atomic E-state index is -0.0344. The number of nitrogens with zero attached hydrogens (tertiary/aromatic N) is 2. The smallest absolute Gasteiger partial charge is 0.225 e. The van der Waals surface area contributed by atoms with Gasteiger partial charge in [-0.05, 0) is 55.2 Å². The molecule has 5 nitrogen and oxygen atoms in total.